The Kier molecular flexibility index (Phi) is 6.90. The van der Waals surface area contributed by atoms with Gasteiger partial charge in [-0.25, -0.2) is 4.68 Å². The van der Waals surface area contributed by atoms with Crippen molar-refractivity contribution in [1.29, 1.82) is 0 Å². The highest BCUT2D eigenvalue weighted by molar-refractivity contribution is 6.35. The van der Waals surface area contributed by atoms with E-state index in [4.69, 9.17) is 27.9 Å². The molecule has 0 amide bonds. The lowest BCUT2D eigenvalue weighted by Crippen LogP contribution is -2.09. The van der Waals surface area contributed by atoms with E-state index in [0.29, 0.717) is 29.1 Å². The third kappa shape index (κ3) is 5.58. The van der Waals surface area contributed by atoms with Crippen LogP contribution in [0, 0.1) is 0 Å². The summed E-state index contributed by atoms with van der Waals surface area (Å²) in [4.78, 5) is 0. The normalized spacial score (nSPS) is 10.8. The van der Waals surface area contributed by atoms with Gasteiger partial charge in [0.1, 0.15) is 12.4 Å². The molecule has 0 spiro atoms. The molecule has 0 aliphatic rings. The summed E-state index contributed by atoms with van der Waals surface area (Å²) < 4.78 is 7.65. The molecule has 142 valence electrons. The topological polar surface area (TPSA) is 64.9 Å². The molecule has 0 aliphatic carbocycles. The van der Waals surface area contributed by atoms with E-state index in [0.717, 1.165) is 36.3 Å². The van der Waals surface area contributed by atoms with Crippen LogP contribution in [0.3, 0.4) is 0 Å². The quantitative estimate of drug-likeness (QED) is 0.544. The van der Waals surface area contributed by atoms with E-state index < -0.39 is 0 Å². The largest absolute Gasteiger partial charge is 0.489 e. The Labute approximate surface area is 168 Å². The van der Waals surface area contributed by atoms with Crippen molar-refractivity contribution in [2.75, 3.05) is 5.32 Å². The van der Waals surface area contributed by atoms with Gasteiger partial charge in [0, 0.05) is 28.7 Å². The highest BCUT2D eigenvalue weighted by atomic mass is 35.5. The summed E-state index contributed by atoms with van der Waals surface area (Å²) in [6.07, 6.45) is 2.13. The minimum Gasteiger partial charge on any atom is -0.489 e. The fourth-order valence-electron chi connectivity index (χ4n) is 2.52. The summed E-state index contributed by atoms with van der Waals surface area (Å²) in [6.45, 7) is 3.92. The summed E-state index contributed by atoms with van der Waals surface area (Å²) in [5.74, 6) is 1.44. The van der Waals surface area contributed by atoms with Crippen LogP contribution in [0.1, 0.15) is 30.9 Å². The molecule has 1 aromatic heterocycles. The molecule has 0 bridgehead atoms. The summed E-state index contributed by atoms with van der Waals surface area (Å²) in [5, 5.41) is 16.3. The first-order valence-electron chi connectivity index (χ1n) is 8.81. The number of tetrazole rings is 1. The minimum absolute atomic E-state index is 0.377. The van der Waals surface area contributed by atoms with E-state index in [2.05, 4.69) is 27.8 Å². The Bertz CT molecular complexity index is 884. The van der Waals surface area contributed by atoms with Gasteiger partial charge in [0.2, 0.25) is 5.95 Å². The maximum Gasteiger partial charge on any atom is 0.243 e. The number of benzene rings is 2. The number of unbranched alkanes of at least 4 members (excludes halogenated alkanes) is 1. The zero-order chi connectivity index (χ0) is 19.1. The van der Waals surface area contributed by atoms with E-state index in [9.17, 15) is 0 Å². The maximum atomic E-state index is 6.19. The molecule has 0 saturated heterocycles. The fraction of sp³-hybridized carbons (Fsp3) is 0.316. The molecule has 2 aromatic carbocycles. The molecule has 0 atom stereocenters. The van der Waals surface area contributed by atoms with Crippen molar-refractivity contribution in [3.8, 4) is 5.75 Å². The number of halogens is 2. The predicted octanol–water partition coefficient (Wildman–Crippen LogP) is 4.97. The second kappa shape index (κ2) is 9.58. The van der Waals surface area contributed by atoms with E-state index in [1.807, 2.05) is 30.3 Å². The fourth-order valence-corrected chi connectivity index (χ4v) is 2.98. The van der Waals surface area contributed by atoms with Crippen molar-refractivity contribution in [2.24, 2.45) is 0 Å². The number of nitrogens with one attached hydrogen (secondary N) is 1. The molecular weight excluding hydrogens is 385 g/mol. The number of hydrogen-bond acceptors (Lipinski definition) is 5. The van der Waals surface area contributed by atoms with Gasteiger partial charge in [-0.1, -0.05) is 59.8 Å². The molecule has 0 fully saturated rings. The maximum absolute atomic E-state index is 6.19. The van der Waals surface area contributed by atoms with Gasteiger partial charge in [0.25, 0.3) is 0 Å². The number of aromatic nitrogens is 4. The van der Waals surface area contributed by atoms with E-state index in [-0.39, 0.29) is 0 Å². The molecule has 0 saturated carbocycles. The van der Waals surface area contributed by atoms with Gasteiger partial charge in [-0.2, -0.15) is 0 Å². The van der Waals surface area contributed by atoms with Gasteiger partial charge in [0.05, 0.1) is 0 Å². The smallest absolute Gasteiger partial charge is 0.243 e. The zero-order valence-corrected chi connectivity index (χ0v) is 16.5. The molecule has 0 unspecified atom stereocenters. The minimum atomic E-state index is 0.377. The lowest BCUT2D eigenvalue weighted by molar-refractivity contribution is 0.306. The van der Waals surface area contributed by atoms with Gasteiger partial charge in [0.15, 0.2) is 0 Å². The Hall–Kier alpha value is -2.31. The first kappa shape index (κ1) is 19.5. The number of rotatable bonds is 9. The molecule has 6 nitrogen and oxygen atoms in total. The van der Waals surface area contributed by atoms with Gasteiger partial charge in [-0.15, -0.1) is 0 Å². The lowest BCUT2D eigenvalue weighted by Gasteiger charge is -2.10. The number of aryl methyl sites for hydroxylation is 1. The molecule has 27 heavy (non-hydrogen) atoms. The molecule has 3 aromatic rings. The van der Waals surface area contributed by atoms with Gasteiger partial charge in [-0.3, -0.25) is 0 Å². The van der Waals surface area contributed by atoms with E-state index in [1.54, 1.807) is 16.8 Å². The van der Waals surface area contributed by atoms with Crippen LogP contribution in [-0.2, 0) is 19.7 Å². The van der Waals surface area contributed by atoms with E-state index in [1.165, 1.54) is 0 Å². The van der Waals surface area contributed by atoms with Crippen LogP contribution in [0.25, 0.3) is 0 Å². The van der Waals surface area contributed by atoms with Crippen molar-refractivity contribution in [2.45, 2.75) is 39.5 Å². The molecule has 1 N–H and O–H groups in total. The number of anilines is 1. The zero-order valence-electron chi connectivity index (χ0n) is 15.0. The Morgan fingerprint density at radius 1 is 1.15 bits per heavy atom. The molecule has 8 heteroatoms. The monoisotopic (exact) mass is 405 g/mol. The van der Waals surface area contributed by atoms with Crippen LogP contribution in [0.15, 0.2) is 42.5 Å². The van der Waals surface area contributed by atoms with Gasteiger partial charge >= 0.3 is 0 Å². The van der Waals surface area contributed by atoms with Crippen molar-refractivity contribution >= 4 is 29.2 Å². The Balaban J connectivity index is 1.58. The molecule has 0 aliphatic heterocycles. The SMILES string of the molecule is CCCCn1nnnc1NCc1cccc(OCc2ccc(Cl)cc2Cl)c1. The molecular formula is C19H21Cl2N5O. The average Bonchev–Trinajstić information content (AvgIpc) is 3.12. The molecule has 0 radical (unpaired) electrons. The predicted molar refractivity (Wildman–Crippen MR) is 107 cm³/mol. The lowest BCUT2D eigenvalue weighted by atomic mass is 10.2. The summed E-state index contributed by atoms with van der Waals surface area (Å²) in [7, 11) is 0. The van der Waals surface area contributed by atoms with Gasteiger partial charge in [-0.05, 0) is 46.7 Å². The third-order valence-electron chi connectivity index (χ3n) is 4.01. The Morgan fingerprint density at radius 3 is 2.85 bits per heavy atom. The molecule has 1 heterocycles. The Morgan fingerprint density at radius 2 is 2.04 bits per heavy atom. The van der Waals surface area contributed by atoms with Crippen LogP contribution in [0.5, 0.6) is 5.75 Å². The van der Waals surface area contributed by atoms with Crippen LogP contribution < -0.4 is 10.1 Å². The highest BCUT2D eigenvalue weighted by Crippen LogP contribution is 2.23. The van der Waals surface area contributed by atoms with Crippen LogP contribution >= 0.6 is 23.2 Å². The third-order valence-corrected chi connectivity index (χ3v) is 4.60. The first-order chi connectivity index (χ1) is 13.2. The molecule has 3 rings (SSSR count). The van der Waals surface area contributed by atoms with Crippen molar-refractivity contribution in [1.82, 2.24) is 20.2 Å². The number of ether oxygens (including phenoxy) is 1. The van der Waals surface area contributed by atoms with Crippen LogP contribution in [0.4, 0.5) is 5.95 Å². The first-order valence-corrected chi connectivity index (χ1v) is 9.57. The number of nitrogens with zero attached hydrogens (tertiary/aromatic N) is 4. The standard InChI is InChI=1S/C19H21Cl2N5O/c1-2-3-9-26-19(23-24-25-26)22-12-14-5-4-6-17(10-14)27-13-15-7-8-16(20)11-18(15)21/h4-8,10-11H,2-3,9,12-13H2,1H3,(H,22,23,25). The van der Waals surface area contributed by atoms with Crippen molar-refractivity contribution in [3.63, 3.8) is 0 Å². The summed E-state index contributed by atoms with van der Waals surface area (Å²) in [5.41, 5.74) is 1.96. The van der Waals surface area contributed by atoms with Gasteiger partial charge < -0.3 is 10.1 Å². The average molecular weight is 406 g/mol. The van der Waals surface area contributed by atoms with E-state index >= 15 is 0 Å². The second-order valence-electron chi connectivity index (χ2n) is 6.10. The second-order valence-corrected chi connectivity index (χ2v) is 6.95. The summed E-state index contributed by atoms with van der Waals surface area (Å²) >= 11 is 12.1. The van der Waals surface area contributed by atoms with Crippen molar-refractivity contribution in [3.05, 3.63) is 63.6 Å². The van der Waals surface area contributed by atoms with Crippen LogP contribution in [0.2, 0.25) is 10.0 Å². The highest BCUT2D eigenvalue weighted by Gasteiger charge is 2.06. The van der Waals surface area contributed by atoms with Crippen LogP contribution in [-0.4, -0.2) is 20.2 Å². The number of hydrogen-bond donors (Lipinski definition) is 1. The summed E-state index contributed by atoms with van der Waals surface area (Å²) in [6, 6.07) is 13.3. The van der Waals surface area contributed by atoms with Crippen molar-refractivity contribution < 1.29 is 4.74 Å².